The van der Waals surface area contributed by atoms with Crippen molar-refractivity contribution in [3.8, 4) is 0 Å². The molecule has 1 saturated heterocycles. The Morgan fingerprint density at radius 3 is 2.60 bits per heavy atom. The first kappa shape index (κ1) is 14.6. The van der Waals surface area contributed by atoms with Crippen LogP contribution in [0.1, 0.15) is 19.3 Å². The van der Waals surface area contributed by atoms with Gasteiger partial charge in [-0.05, 0) is 37.4 Å². The Bertz CT molecular complexity index is 344. The van der Waals surface area contributed by atoms with Crippen molar-refractivity contribution in [1.82, 2.24) is 15.1 Å². The van der Waals surface area contributed by atoms with E-state index in [9.17, 15) is 0 Å². The van der Waals surface area contributed by atoms with Gasteiger partial charge in [0.25, 0.3) is 0 Å². The van der Waals surface area contributed by atoms with Crippen molar-refractivity contribution >= 4 is 8.80 Å². The van der Waals surface area contributed by atoms with Gasteiger partial charge in [-0.15, -0.1) is 0 Å². The van der Waals surface area contributed by atoms with Crippen LogP contribution in [0.5, 0.6) is 0 Å². The SMILES string of the molecule is C[SiH](C)CC1=CNC[C@H](N2CCN(CC3CC3)CC2)C1. The van der Waals surface area contributed by atoms with Crippen LogP contribution in [0.25, 0.3) is 0 Å². The minimum absolute atomic E-state index is 0.468. The van der Waals surface area contributed by atoms with E-state index < -0.39 is 8.80 Å². The molecule has 1 atom stereocenters. The lowest BCUT2D eigenvalue weighted by atomic mass is 10.0. The second-order valence-corrected chi connectivity index (χ2v) is 10.6. The fraction of sp³-hybridized carbons (Fsp3) is 0.875. The van der Waals surface area contributed by atoms with E-state index in [1.54, 1.807) is 5.57 Å². The van der Waals surface area contributed by atoms with E-state index in [1.807, 2.05) is 0 Å². The molecule has 2 fully saturated rings. The molecular formula is C16H31N3Si. The van der Waals surface area contributed by atoms with Crippen LogP contribution >= 0.6 is 0 Å². The van der Waals surface area contributed by atoms with Crippen molar-refractivity contribution in [3.05, 3.63) is 11.8 Å². The van der Waals surface area contributed by atoms with Crippen LogP contribution in [0.2, 0.25) is 19.1 Å². The van der Waals surface area contributed by atoms with Gasteiger partial charge >= 0.3 is 0 Å². The van der Waals surface area contributed by atoms with Crippen molar-refractivity contribution in [3.63, 3.8) is 0 Å². The largest absolute Gasteiger partial charge is 0.389 e. The molecule has 3 rings (SSSR count). The van der Waals surface area contributed by atoms with Gasteiger partial charge in [0.1, 0.15) is 0 Å². The van der Waals surface area contributed by atoms with Crippen molar-refractivity contribution in [2.75, 3.05) is 39.3 Å². The Labute approximate surface area is 126 Å². The van der Waals surface area contributed by atoms with Gasteiger partial charge in [-0.2, -0.15) is 0 Å². The third-order valence-electron chi connectivity index (χ3n) is 4.96. The molecule has 0 aromatic heterocycles. The number of piperazine rings is 1. The van der Waals surface area contributed by atoms with Gasteiger partial charge in [0, 0.05) is 54.1 Å². The lowest BCUT2D eigenvalue weighted by Crippen LogP contribution is -2.53. The first-order valence-corrected chi connectivity index (χ1v) is 11.7. The summed E-state index contributed by atoms with van der Waals surface area (Å²) in [6.07, 6.45) is 6.60. The minimum atomic E-state index is -0.468. The average Bonchev–Trinajstić information content (AvgIpc) is 3.23. The summed E-state index contributed by atoms with van der Waals surface area (Å²) in [6.45, 7) is 12.6. The first-order valence-electron chi connectivity index (χ1n) is 8.58. The first-order chi connectivity index (χ1) is 9.70. The third kappa shape index (κ3) is 4.09. The fourth-order valence-electron chi connectivity index (χ4n) is 3.67. The van der Waals surface area contributed by atoms with Crippen molar-refractivity contribution in [1.29, 1.82) is 0 Å². The molecule has 2 heterocycles. The van der Waals surface area contributed by atoms with Gasteiger partial charge < -0.3 is 10.2 Å². The van der Waals surface area contributed by atoms with Crippen molar-refractivity contribution < 1.29 is 0 Å². The van der Waals surface area contributed by atoms with E-state index in [-0.39, 0.29) is 0 Å². The number of nitrogens with zero attached hydrogens (tertiary/aromatic N) is 2. The molecule has 0 radical (unpaired) electrons. The monoisotopic (exact) mass is 293 g/mol. The highest BCUT2D eigenvalue weighted by atomic mass is 28.3. The molecule has 0 unspecified atom stereocenters. The standard InChI is InChI=1S/C16H31N3Si/c1-20(2)13-15-9-16(11-17-10-15)19-7-5-18(6-8-19)12-14-3-4-14/h10,14,16-17,20H,3-9,11-13H2,1-2H3/t16-/m1/s1. The maximum atomic E-state index is 3.55. The summed E-state index contributed by atoms with van der Waals surface area (Å²) in [5.74, 6) is 1.04. The Morgan fingerprint density at radius 1 is 1.20 bits per heavy atom. The van der Waals surface area contributed by atoms with Gasteiger partial charge in [0.2, 0.25) is 0 Å². The highest BCUT2D eigenvalue weighted by Gasteiger charge is 2.29. The van der Waals surface area contributed by atoms with E-state index in [0.29, 0.717) is 0 Å². The van der Waals surface area contributed by atoms with E-state index >= 15 is 0 Å². The second kappa shape index (κ2) is 6.63. The smallest absolute Gasteiger partial charge is 0.0349 e. The zero-order valence-corrected chi connectivity index (χ0v) is 14.4. The molecule has 1 saturated carbocycles. The topological polar surface area (TPSA) is 18.5 Å². The van der Waals surface area contributed by atoms with Crippen LogP contribution in [0.15, 0.2) is 11.8 Å². The fourth-order valence-corrected chi connectivity index (χ4v) is 5.01. The molecule has 4 heteroatoms. The molecule has 0 spiro atoms. The lowest BCUT2D eigenvalue weighted by Gasteiger charge is -2.41. The molecule has 3 nitrogen and oxygen atoms in total. The average molecular weight is 294 g/mol. The highest BCUT2D eigenvalue weighted by Crippen LogP contribution is 2.30. The van der Waals surface area contributed by atoms with Crippen LogP contribution in [0, 0.1) is 5.92 Å². The van der Waals surface area contributed by atoms with E-state index in [2.05, 4.69) is 34.4 Å². The Hall–Kier alpha value is -0.323. The third-order valence-corrected chi connectivity index (χ3v) is 6.31. The van der Waals surface area contributed by atoms with Crippen molar-refractivity contribution in [2.45, 2.75) is 44.4 Å². The van der Waals surface area contributed by atoms with Crippen molar-refractivity contribution in [2.24, 2.45) is 5.92 Å². The summed E-state index contributed by atoms with van der Waals surface area (Å²) < 4.78 is 0. The van der Waals surface area contributed by atoms with Crippen LogP contribution in [0.3, 0.4) is 0 Å². The zero-order valence-electron chi connectivity index (χ0n) is 13.3. The minimum Gasteiger partial charge on any atom is -0.389 e. The molecule has 3 aliphatic rings. The van der Waals surface area contributed by atoms with Gasteiger partial charge in [-0.3, -0.25) is 4.90 Å². The Morgan fingerprint density at radius 2 is 1.95 bits per heavy atom. The van der Waals surface area contributed by atoms with E-state index in [1.165, 1.54) is 58.0 Å². The molecule has 0 amide bonds. The summed E-state index contributed by atoms with van der Waals surface area (Å²) in [6, 6.07) is 2.15. The summed E-state index contributed by atoms with van der Waals surface area (Å²) in [7, 11) is -0.468. The molecule has 0 aromatic carbocycles. The predicted molar refractivity (Wildman–Crippen MR) is 88.9 cm³/mol. The second-order valence-electron chi connectivity index (χ2n) is 7.45. The number of rotatable bonds is 5. The number of nitrogens with one attached hydrogen (secondary N) is 1. The molecule has 1 aliphatic carbocycles. The summed E-state index contributed by atoms with van der Waals surface area (Å²) in [5, 5.41) is 3.55. The Kier molecular flexibility index (Phi) is 4.84. The molecular weight excluding hydrogens is 262 g/mol. The Balaban J connectivity index is 1.44. The quantitative estimate of drug-likeness (QED) is 0.779. The molecule has 114 valence electrons. The molecule has 0 bridgehead atoms. The number of hydrogen-bond donors (Lipinski definition) is 1. The number of hydrogen-bond acceptors (Lipinski definition) is 3. The molecule has 0 aromatic rings. The summed E-state index contributed by atoms with van der Waals surface area (Å²) in [4.78, 5) is 5.44. The highest BCUT2D eigenvalue weighted by molar-refractivity contribution is 6.56. The van der Waals surface area contributed by atoms with Gasteiger partial charge in [-0.1, -0.05) is 18.7 Å². The summed E-state index contributed by atoms with van der Waals surface area (Å²) >= 11 is 0. The van der Waals surface area contributed by atoms with Crippen LogP contribution in [-0.2, 0) is 0 Å². The molecule has 1 N–H and O–H groups in total. The summed E-state index contributed by atoms with van der Waals surface area (Å²) in [5.41, 5.74) is 1.68. The van der Waals surface area contributed by atoms with Gasteiger partial charge in [0.05, 0.1) is 0 Å². The predicted octanol–water partition coefficient (Wildman–Crippen LogP) is 1.75. The van der Waals surface area contributed by atoms with Crippen LogP contribution in [-0.4, -0.2) is 63.9 Å². The maximum absolute atomic E-state index is 3.55. The zero-order chi connectivity index (χ0) is 13.9. The van der Waals surface area contributed by atoms with E-state index in [4.69, 9.17) is 0 Å². The normalized spacial score (nSPS) is 29.4. The van der Waals surface area contributed by atoms with Crippen LogP contribution in [0.4, 0.5) is 0 Å². The van der Waals surface area contributed by atoms with Gasteiger partial charge in [-0.25, -0.2) is 0 Å². The van der Waals surface area contributed by atoms with Crippen LogP contribution < -0.4 is 5.32 Å². The van der Waals surface area contributed by atoms with Gasteiger partial charge in [0.15, 0.2) is 0 Å². The lowest BCUT2D eigenvalue weighted by molar-refractivity contribution is 0.0915. The maximum Gasteiger partial charge on any atom is 0.0349 e. The van der Waals surface area contributed by atoms with E-state index in [0.717, 1.165) is 18.5 Å². The molecule has 2 aliphatic heterocycles. The molecule has 20 heavy (non-hydrogen) atoms.